The fraction of sp³-hybridized carbons (Fsp3) is 0.0943. The normalized spacial score (nSPS) is 14.7. The standard InChI is InChI=1S/C53H40O6P2/c1-2-15-47(55)46-29-34-17-6-10-23-41(34)51(53(46)59-61-57-49-31-36-19-4-8-21-39(36)43-25-12-14-27-45(43)49)50-40-22-9-5-16-33(40)28-37(32-54)52(50)58-60-56-48-30-35-18-3-7-20-38(35)42-24-11-13-26-44(42)48/h3-14,16-19,21-32,38,60-61H,2,15,20H2,1H3. The molecule has 0 aliphatic heterocycles. The zero-order valence-corrected chi connectivity index (χ0v) is 35.3. The number of hydrogen-bond donors (Lipinski definition) is 0. The van der Waals surface area contributed by atoms with Crippen molar-refractivity contribution in [3.63, 3.8) is 0 Å². The summed E-state index contributed by atoms with van der Waals surface area (Å²) < 4.78 is 26.6. The second-order valence-electron chi connectivity index (χ2n) is 15.2. The lowest BCUT2D eigenvalue weighted by Crippen LogP contribution is -2.11. The third-order valence-electron chi connectivity index (χ3n) is 11.6. The molecule has 8 heteroatoms. The predicted octanol–water partition coefficient (Wildman–Crippen LogP) is 14.7. The van der Waals surface area contributed by atoms with E-state index in [0.717, 1.165) is 61.4 Å². The van der Waals surface area contributed by atoms with Gasteiger partial charge in [-0.05, 0) is 86.0 Å². The molecule has 0 N–H and O–H groups in total. The van der Waals surface area contributed by atoms with E-state index < -0.39 is 18.1 Å². The number of fused-ring (bicyclic) bond motifs is 8. The van der Waals surface area contributed by atoms with Gasteiger partial charge in [0.15, 0.2) is 12.1 Å². The number of rotatable bonds is 13. The summed E-state index contributed by atoms with van der Waals surface area (Å²) in [5.41, 5.74) is 5.48. The smallest absolute Gasteiger partial charge is 0.275 e. The topological polar surface area (TPSA) is 71.1 Å². The van der Waals surface area contributed by atoms with Gasteiger partial charge in [-0.1, -0.05) is 146 Å². The van der Waals surface area contributed by atoms with Crippen LogP contribution in [0.3, 0.4) is 0 Å². The monoisotopic (exact) mass is 834 g/mol. The van der Waals surface area contributed by atoms with E-state index in [-0.39, 0.29) is 11.7 Å². The molecule has 3 unspecified atom stereocenters. The third-order valence-corrected chi connectivity index (χ3v) is 12.8. The van der Waals surface area contributed by atoms with Gasteiger partial charge in [0.25, 0.3) is 18.1 Å². The summed E-state index contributed by atoms with van der Waals surface area (Å²) in [6.45, 7) is 1.99. The summed E-state index contributed by atoms with van der Waals surface area (Å²) in [6, 6.07) is 46.4. The first kappa shape index (κ1) is 38.6. The Hall–Kier alpha value is -6.58. The lowest BCUT2D eigenvalue weighted by molar-refractivity contribution is 0.0980. The van der Waals surface area contributed by atoms with Gasteiger partial charge in [-0.25, -0.2) is 0 Å². The molecule has 0 saturated heterocycles. The van der Waals surface area contributed by atoms with Crippen LogP contribution >= 0.6 is 18.1 Å². The highest BCUT2D eigenvalue weighted by Crippen LogP contribution is 2.52. The Bertz CT molecular complexity index is 3150. The Morgan fingerprint density at radius 1 is 0.656 bits per heavy atom. The second-order valence-corrected chi connectivity index (χ2v) is 16.4. The summed E-state index contributed by atoms with van der Waals surface area (Å²) in [4.78, 5) is 27.4. The number of hydrogen-bond acceptors (Lipinski definition) is 6. The van der Waals surface area contributed by atoms with E-state index >= 15 is 0 Å². The minimum atomic E-state index is -0.520. The molecule has 10 rings (SSSR count). The van der Waals surface area contributed by atoms with Gasteiger partial charge in [-0.3, -0.25) is 9.59 Å². The Morgan fingerprint density at radius 3 is 2.02 bits per heavy atom. The van der Waals surface area contributed by atoms with E-state index in [1.165, 1.54) is 11.1 Å². The summed E-state index contributed by atoms with van der Waals surface area (Å²) in [6.07, 6.45) is 11.2. The number of ketones is 1. The number of allylic oxidation sites excluding steroid dienone is 5. The fourth-order valence-electron chi connectivity index (χ4n) is 8.81. The molecule has 8 aromatic rings. The van der Waals surface area contributed by atoms with Crippen LogP contribution in [0.15, 0.2) is 169 Å². The Balaban J connectivity index is 1.11. The van der Waals surface area contributed by atoms with Crippen LogP contribution in [0.5, 0.6) is 17.2 Å². The third kappa shape index (κ3) is 7.16. The lowest BCUT2D eigenvalue weighted by Gasteiger charge is -2.28. The van der Waals surface area contributed by atoms with Gasteiger partial charge in [0, 0.05) is 34.4 Å². The maximum Gasteiger partial charge on any atom is 0.275 e. The first-order chi connectivity index (χ1) is 30.1. The molecule has 0 spiro atoms. The molecular formula is C53H40O6P2. The van der Waals surface area contributed by atoms with E-state index in [2.05, 4.69) is 60.7 Å². The molecule has 298 valence electrons. The highest BCUT2D eigenvalue weighted by Gasteiger charge is 2.29. The first-order valence-corrected chi connectivity index (χ1v) is 22.1. The summed E-state index contributed by atoms with van der Waals surface area (Å²) in [7, 11) is -1.03. The van der Waals surface area contributed by atoms with Crippen molar-refractivity contribution in [1.82, 2.24) is 0 Å². The van der Waals surface area contributed by atoms with Crippen molar-refractivity contribution in [2.75, 3.05) is 0 Å². The van der Waals surface area contributed by atoms with Gasteiger partial charge < -0.3 is 18.1 Å². The van der Waals surface area contributed by atoms with Crippen molar-refractivity contribution in [2.45, 2.75) is 32.1 Å². The Kier molecular flexibility index (Phi) is 10.6. The van der Waals surface area contributed by atoms with Crippen molar-refractivity contribution in [3.8, 4) is 28.4 Å². The molecule has 6 nitrogen and oxygen atoms in total. The van der Waals surface area contributed by atoms with Gasteiger partial charge in [-0.15, -0.1) is 0 Å². The molecular weight excluding hydrogens is 795 g/mol. The molecule has 0 aromatic heterocycles. The first-order valence-electron chi connectivity index (χ1n) is 20.5. The number of Topliss-reactive ketones (excluding diaryl/α,β-unsaturated/α-hetero) is 1. The van der Waals surface area contributed by atoms with Gasteiger partial charge >= 0.3 is 0 Å². The van der Waals surface area contributed by atoms with Crippen LogP contribution in [0.4, 0.5) is 0 Å². The van der Waals surface area contributed by atoms with E-state index in [9.17, 15) is 9.59 Å². The number of benzene rings is 8. The fourth-order valence-corrected chi connectivity index (χ4v) is 10.0. The van der Waals surface area contributed by atoms with Crippen molar-refractivity contribution >= 4 is 79.0 Å². The van der Waals surface area contributed by atoms with Crippen molar-refractivity contribution < 1.29 is 27.7 Å². The number of carbonyl (C=O) groups is 2. The molecule has 0 radical (unpaired) electrons. The largest absolute Gasteiger partial charge is 0.440 e. The van der Waals surface area contributed by atoms with Gasteiger partial charge in [0.05, 0.1) is 11.1 Å². The van der Waals surface area contributed by atoms with Gasteiger partial charge in [0.2, 0.25) is 0 Å². The molecule has 0 bridgehead atoms. The van der Waals surface area contributed by atoms with Gasteiger partial charge in [0.1, 0.15) is 23.0 Å². The van der Waals surface area contributed by atoms with Crippen LogP contribution in [0.25, 0.3) is 60.0 Å². The lowest BCUT2D eigenvalue weighted by atomic mass is 9.79. The average Bonchev–Trinajstić information content (AvgIpc) is 3.31. The molecule has 0 fully saturated rings. The number of aldehydes is 1. The van der Waals surface area contributed by atoms with Crippen LogP contribution in [0.2, 0.25) is 0 Å². The molecule has 61 heavy (non-hydrogen) atoms. The molecule has 0 saturated carbocycles. The van der Waals surface area contributed by atoms with Crippen LogP contribution in [0.1, 0.15) is 63.9 Å². The molecule has 8 aromatic carbocycles. The Labute approximate surface area is 357 Å². The molecule has 2 aliphatic rings. The quantitative estimate of drug-likeness (QED) is 0.0499. The SMILES string of the molecule is CCCC(=O)c1cc2ccccc2c(-c2c(OPOC3=CC4=CC=CCC4c4ccccc43)c(C=O)cc3ccccc23)c1OPOc1cc2ccccc2c2ccccc12. The van der Waals surface area contributed by atoms with Crippen molar-refractivity contribution in [3.05, 3.63) is 192 Å². The second kappa shape index (κ2) is 16.8. The minimum Gasteiger partial charge on any atom is -0.440 e. The van der Waals surface area contributed by atoms with Crippen LogP contribution in [0, 0.1) is 0 Å². The van der Waals surface area contributed by atoms with E-state index in [1.807, 2.05) is 110 Å². The highest BCUT2D eigenvalue weighted by molar-refractivity contribution is 7.27. The summed E-state index contributed by atoms with van der Waals surface area (Å²) >= 11 is 0. The van der Waals surface area contributed by atoms with Crippen molar-refractivity contribution in [1.29, 1.82) is 0 Å². The predicted molar refractivity (Wildman–Crippen MR) is 252 cm³/mol. The summed E-state index contributed by atoms with van der Waals surface area (Å²) in [5, 5.41) is 7.58. The van der Waals surface area contributed by atoms with E-state index in [4.69, 9.17) is 18.1 Å². The maximum atomic E-state index is 14.2. The van der Waals surface area contributed by atoms with E-state index in [0.29, 0.717) is 58.1 Å². The van der Waals surface area contributed by atoms with Crippen LogP contribution < -0.4 is 13.6 Å². The minimum absolute atomic E-state index is 0.0537. The zero-order valence-electron chi connectivity index (χ0n) is 33.3. The van der Waals surface area contributed by atoms with E-state index in [1.54, 1.807) is 0 Å². The average molecular weight is 835 g/mol. The van der Waals surface area contributed by atoms with Crippen LogP contribution in [-0.2, 0) is 4.52 Å². The highest BCUT2D eigenvalue weighted by atomic mass is 31.1. The zero-order chi connectivity index (χ0) is 41.3. The number of carbonyl (C=O) groups excluding carboxylic acids is 2. The molecule has 0 amide bonds. The molecule has 0 heterocycles. The molecule has 3 atom stereocenters. The Morgan fingerprint density at radius 2 is 1.26 bits per heavy atom. The summed E-state index contributed by atoms with van der Waals surface area (Å²) in [5.74, 6) is 2.32. The maximum absolute atomic E-state index is 14.2. The van der Waals surface area contributed by atoms with Crippen molar-refractivity contribution in [2.24, 2.45) is 0 Å². The molecule has 2 aliphatic carbocycles. The van der Waals surface area contributed by atoms with Crippen LogP contribution in [-0.4, -0.2) is 12.1 Å². The van der Waals surface area contributed by atoms with Gasteiger partial charge in [-0.2, -0.15) is 0 Å².